The summed E-state index contributed by atoms with van der Waals surface area (Å²) in [5, 5.41) is 6.14. The lowest BCUT2D eigenvalue weighted by molar-refractivity contribution is -0.0541. The van der Waals surface area contributed by atoms with Crippen molar-refractivity contribution in [1.82, 2.24) is 5.32 Å². The standard InChI is InChI=1S/C12H13F3N2O4S/c1-20-9-4-2-8(3-5-9)11(10-6-7-16-10)17-21-22(18,19)12(13,14)15/h2-5,10,16H,6-7H2,1H3/b17-11+. The third kappa shape index (κ3) is 3.50. The van der Waals surface area contributed by atoms with Crippen LogP contribution in [0.3, 0.4) is 0 Å². The number of alkyl halides is 3. The highest BCUT2D eigenvalue weighted by Gasteiger charge is 2.49. The Balaban J connectivity index is 2.28. The molecule has 0 saturated carbocycles. The van der Waals surface area contributed by atoms with Crippen molar-refractivity contribution >= 4 is 15.8 Å². The fourth-order valence-electron chi connectivity index (χ4n) is 1.73. The number of oxime groups is 1. The van der Waals surface area contributed by atoms with Gasteiger partial charge in [-0.1, -0.05) is 5.16 Å². The van der Waals surface area contributed by atoms with Crippen molar-refractivity contribution in [3.63, 3.8) is 0 Å². The minimum Gasteiger partial charge on any atom is -0.497 e. The Morgan fingerprint density at radius 3 is 2.32 bits per heavy atom. The molecule has 2 rings (SSSR count). The van der Waals surface area contributed by atoms with E-state index in [1.54, 1.807) is 24.3 Å². The number of nitrogens with zero attached hydrogens (tertiary/aromatic N) is 1. The van der Waals surface area contributed by atoms with E-state index in [2.05, 4.69) is 14.8 Å². The Labute approximate surface area is 125 Å². The molecule has 122 valence electrons. The first-order valence-electron chi connectivity index (χ1n) is 6.20. The van der Waals surface area contributed by atoms with Crippen LogP contribution in [-0.4, -0.2) is 39.3 Å². The summed E-state index contributed by atoms with van der Waals surface area (Å²) in [6, 6.07) is 5.92. The van der Waals surface area contributed by atoms with E-state index in [-0.39, 0.29) is 11.8 Å². The van der Waals surface area contributed by atoms with Gasteiger partial charge in [-0.15, -0.1) is 0 Å². The van der Waals surface area contributed by atoms with Crippen LogP contribution in [0.2, 0.25) is 0 Å². The van der Waals surface area contributed by atoms with Gasteiger partial charge < -0.3 is 10.1 Å². The maximum Gasteiger partial charge on any atom is 0.536 e. The van der Waals surface area contributed by atoms with Gasteiger partial charge in [-0.05, 0) is 37.2 Å². The van der Waals surface area contributed by atoms with Gasteiger partial charge in [0, 0.05) is 5.56 Å². The summed E-state index contributed by atoms with van der Waals surface area (Å²) in [4.78, 5) is 0. The third-order valence-corrected chi connectivity index (χ3v) is 3.89. The van der Waals surface area contributed by atoms with Gasteiger partial charge in [0.25, 0.3) is 0 Å². The first-order chi connectivity index (χ1) is 10.2. The van der Waals surface area contributed by atoms with Crippen molar-refractivity contribution in [3.8, 4) is 5.75 Å². The van der Waals surface area contributed by atoms with E-state index in [0.717, 1.165) is 0 Å². The number of methoxy groups -OCH3 is 1. The molecule has 1 aliphatic heterocycles. The minimum atomic E-state index is -5.77. The Morgan fingerprint density at radius 1 is 1.32 bits per heavy atom. The van der Waals surface area contributed by atoms with Crippen molar-refractivity contribution in [2.24, 2.45) is 5.16 Å². The number of nitrogens with one attached hydrogen (secondary N) is 1. The quantitative estimate of drug-likeness (QED) is 0.502. The van der Waals surface area contributed by atoms with Crippen LogP contribution in [0.5, 0.6) is 5.75 Å². The van der Waals surface area contributed by atoms with Crippen LogP contribution < -0.4 is 10.1 Å². The molecule has 6 nitrogen and oxygen atoms in total. The third-order valence-electron chi connectivity index (χ3n) is 3.06. The molecule has 1 aromatic rings. The van der Waals surface area contributed by atoms with Crippen molar-refractivity contribution < 1.29 is 30.6 Å². The summed E-state index contributed by atoms with van der Waals surface area (Å²) in [5.74, 6) is 0.550. The van der Waals surface area contributed by atoms with Gasteiger partial charge in [0.05, 0.1) is 13.2 Å². The number of benzene rings is 1. The predicted molar refractivity (Wildman–Crippen MR) is 72.0 cm³/mol. The molecule has 0 radical (unpaired) electrons. The van der Waals surface area contributed by atoms with Crippen LogP contribution in [0.25, 0.3) is 0 Å². The minimum absolute atomic E-state index is 0.0849. The number of halogens is 3. The van der Waals surface area contributed by atoms with Gasteiger partial charge in [-0.2, -0.15) is 21.6 Å². The number of hydrogen-bond donors (Lipinski definition) is 1. The van der Waals surface area contributed by atoms with E-state index in [0.29, 0.717) is 24.3 Å². The zero-order chi connectivity index (χ0) is 16.4. The summed E-state index contributed by atoms with van der Waals surface area (Å²) < 4.78 is 67.4. The highest BCUT2D eigenvalue weighted by molar-refractivity contribution is 7.87. The lowest BCUT2D eigenvalue weighted by Crippen LogP contribution is -2.49. The topological polar surface area (TPSA) is 77.0 Å². The van der Waals surface area contributed by atoms with Gasteiger partial charge in [-0.3, -0.25) is 4.28 Å². The Morgan fingerprint density at radius 2 is 1.91 bits per heavy atom. The average Bonchev–Trinajstić information content (AvgIpc) is 2.40. The van der Waals surface area contributed by atoms with Crippen molar-refractivity contribution in [3.05, 3.63) is 29.8 Å². The second-order valence-electron chi connectivity index (χ2n) is 4.47. The Hall–Kier alpha value is -1.81. The molecule has 1 aromatic carbocycles. The number of rotatable bonds is 5. The molecule has 10 heteroatoms. The molecule has 0 spiro atoms. The van der Waals surface area contributed by atoms with Crippen LogP contribution in [0.4, 0.5) is 13.2 Å². The largest absolute Gasteiger partial charge is 0.536 e. The maximum atomic E-state index is 12.3. The van der Waals surface area contributed by atoms with Gasteiger partial charge in [0.2, 0.25) is 0 Å². The van der Waals surface area contributed by atoms with Gasteiger partial charge in [0.15, 0.2) is 0 Å². The molecule has 0 amide bonds. The molecule has 0 aliphatic carbocycles. The molecule has 1 heterocycles. The Bertz CT molecular complexity index is 652. The Kier molecular flexibility index (Phi) is 4.61. The predicted octanol–water partition coefficient (Wildman–Crippen LogP) is 1.63. The van der Waals surface area contributed by atoms with Crippen LogP contribution in [-0.2, 0) is 14.4 Å². The van der Waals surface area contributed by atoms with E-state index >= 15 is 0 Å². The molecule has 1 saturated heterocycles. The molecule has 1 fully saturated rings. The zero-order valence-corrected chi connectivity index (χ0v) is 12.2. The van der Waals surface area contributed by atoms with Crippen LogP contribution >= 0.6 is 0 Å². The van der Waals surface area contributed by atoms with Crippen LogP contribution in [0.1, 0.15) is 12.0 Å². The molecule has 22 heavy (non-hydrogen) atoms. The van der Waals surface area contributed by atoms with E-state index < -0.39 is 15.6 Å². The number of ether oxygens (including phenoxy) is 1. The SMILES string of the molecule is COc1ccc(/C(=N\OS(=O)(=O)C(F)(F)F)C2CCN2)cc1. The monoisotopic (exact) mass is 338 g/mol. The van der Waals surface area contributed by atoms with Gasteiger partial charge in [-0.25, -0.2) is 0 Å². The summed E-state index contributed by atoms with van der Waals surface area (Å²) >= 11 is 0. The molecule has 0 bridgehead atoms. The zero-order valence-electron chi connectivity index (χ0n) is 11.4. The normalized spacial score (nSPS) is 19.5. The molecule has 1 N–H and O–H groups in total. The lowest BCUT2D eigenvalue weighted by Gasteiger charge is -2.28. The summed E-state index contributed by atoms with van der Waals surface area (Å²) in [6.07, 6.45) is 0.611. The first kappa shape index (κ1) is 16.6. The van der Waals surface area contributed by atoms with Crippen LogP contribution in [0, 0.1) is 0 Å². The van der Waals surface area contributed by atoms with Gasteiger partial charge >= 0.3 is 15.6 Å². The van der Waals surface area contributed by atoms with E-state index in [4.69, 9.17) is 4.74 Å². The van der Waals surface area contributed by atoms with Crippen LogP contribution in [0.15, 0.2) is 29.4 Å². The highest BCUT2D eigenvalue weighted by atomic mass is 32.2. The highest BCUT2D eigenvalue weighted by Crippen LogP contribution is 2.25. The molecular formula is C12H13F3N2O4S. The second kappa shape index (κ2) is 6.13. The summed E-state index contributed by atoms with van der Waals surface area (Å²) in [7, 11) is -4.30. The van der Waals surface area contributed by atoms with E-state index in [9.17, 15) is 21.6 Å². The summed E-state index contributed by atoms with van der Waals surface area (Å²) in [5.41, 5.74) is -4.99. The van der Waals surface area contributed by atoms with E-state index in [1.165, 1.54) is 7.11 Å². The molecule has 1 aliphatic rings. The van der Waals surface area contributed by atoms with Crippen molar-refractivity contribution in [1.29, 1.82) is 0 Å². The van der Waals surface area contributed by atoms with E-state index in [1.807, 2.05) is 0 Å². The fourth-order valence-corrected chi connectivity index (χ4v) is 2.00. The van der Waals surface area contributed by atoms with Crippen molar-refractivity contribution in [2.45, 2.75) is 18.0 Å². The molecule has 1 atom stereocenters. The summed E-state index contributed by atoms with van der Waals surface area (Å²) in [6.45, 7) is 0.659. The maximum absolute atomic E-state index is 12.3. The second-order valence-corrected chi connectivity index (χ2v) is 6.00. The molecular weight excluding hydrogens is 325 g/mol. The fraction of sp³-hybridized carbons (Fsp3) is 0.417. The number of hydrogen-bond acceptors (Lipinski definition) is 6. The van der Waals surface area contributed by atoms with Gasteiger partial charge in [0.1, 0.15) is 11.5 Å². The molecule has 1 unspecified atom stereocenters. The first-order valence-corrected chi connectivity index (χ1v) is 7.61. The molecule has 0 aromatic heterocycles. The smallest absolute Gasteiger partial charge is 0.497 e. The lowest BCUT2D eigenvalue weighted by atomic mass is 9.96. The van der Waals surface area contributed by atoms with Crippen molar-refractivity contribution in [2.75, 3.05) is 13.7 Å². The average molecular weight is 338 g/mol.